The van der Waals surface area contributed by atoms with Crippen LogP contribution in [0.25, 0.3) is 0 Å². The number of nitrogens with zero attached hydrogens (tertiary/aromatic N) is 1. The van der Waals surface area contributed by atoms with E-state index in [9.17, 15) is 9.59 Å². The summed E-state index contributed by atoms with van der Waals surface area (Å²) in [6, 6.07) is 0.150. The molecule has 1 aliphatic carbocycles. The van der Waals surface area contributed by atoms with Crippen LogP contribution in [0.3, 0.4) is 0 Å². The zero-order valence-electron chi connectivity index (χ0n) is 15.8. The average molecular weight is 350 g/mol. The number of hydrogen-bond acceptors (Lipinski definition) is 3. The molecular weight excluding hydrogens is 314 g/mol. The van der Waals surface area contributed by atoms with Crippen LogP contribution in [0, 0.1) is 17.8 Å². The van der Waals surface area contributed by atoms with Crippen molar-refractivity contribution in [1.82, 2.24) is 15.5 Å². The third-order valence-corrected chi connectivity index (χ3v) is 6.47. The van der Waals surface area contributed by atoms with Crippen molar-refractivity contribution in [3.05, 3.63) is 0 Å². The summed E-state index contributed by atoms with van der Waals surface area (Å²) in [5, 5.41) is 6.62. The van der Waals surface area contributed by atoms with E-state index >= 15 is 0 Å². The largest absolute Gasteiger partial charge is 0.352 e. The van der Waals surface area contributed by atoms with Crippen LogP contribution in [0.1, 0.15) is 64.7 Å². The van der Waals surface area contributed by atoms with Crippen LogP contribution in [-0.2, 0) is 9.59 Å². The minimum absolute atomic E-state index is 0.150. The first-order valence-electron chi connectivity index (χ1n) is 10.4. The SMILES string of the molecule is CC(CC(=O)NC1CCN(C(=O)C2CCCCC2)C1)C1CCCNC1. The highest BCUT2D eigenvalue weighted by Crippen LogP contribution is 2.27. The quantitative estimate of drug-likeness (QED) is 0.801. The summed E-state index contributed by atoms with van der Waals surface area (Å²) in [5.74, 6) is 1.77. The van der Waals surface area contributed by atoms with E-state index in [1.807, 2.05) is 4.90 Å². The standard InChI is InChI=1S/C20H35N3O2/c1-15(17-8-5-10-21-13-17)12-19(24)22-18-9-11-23(14-18)20(25)16-6-3-2-4-7-16/h15-18,21H,2-14H2,1H3,(H,22,24). The molecule has 2 heterocycles. The second kappa shape index (κ2) is 9.02. The minimum atomic E-state index is 0.150. The molecule has 5 heteroatoms. The summed E-state index contributed by atoms with van der Waals surface area (Å²) in [7, 11) is 0. The van der Waals surface area contributed by atoms with Gasteiger partial charge in [-0.1, -0.05) is 26.2 Å². The van der Waals surface area contributed by atoms with E-state index in [1.165, 1.54) is 32.1 Å². The van der Waals surface area contributed by atoms with Crippen LogP contribution in [0.5, 0.6) is 0 Å². The molecule has 142 valence electrons. The van der Waals surface area contributed by atoms with Crippen molar-refractivity contribution in [2.75, 3.05) is 26.2 Å². The number of nitrogens with one attached hydrogen (secondary N) is 2. The number of piperidine rings is 1. The number of carbonyl (C=O) groups is 2. The Labute approximate surface area is 152 Å². The van der Waals surface area contributed by atoms with Crippen LogP contribution in [-0.4, -0.2) is 48.9 Å². The van der Waals surface area contributed by atoms with Crippen molar-refractivity contribution in [3.8, 4) is 0 Å². The molecule has 2 saturated heterocycles. The maximum atomic E-state index is 12.6. The van der Waals surface area contributed by atoms with Crippen LogP contribution in [0.2, 0.25) is 0 Å². The first-order chi connectivity index (χ1) is 12.1. The van der Waals surface area contributed by atoms with E-state index in [0.717, 1.165) is 38.9 Å². The Kier molecular flexibility index (Phi) is 6.74. The molecule has 3 aliphatic rings. The van der Waals surface area contributed by atoms with Crippen molar-refractivity contribution in [3.63, 3.8) is 0 Å². The molecule has 25 heavy (non-hydrogen) atoms. The molecule has 3 unspecified atom stereocenters. The predicted octanol–water partition coefficient (Wildman–Crippen LogP) is 2.31. The van der Waals surface area contributed by atoms with E-state index in [0.29, 0.717) is 30.7 Å². The number of carbonyl (C=O) groups excluding carboxylic acids is 2. The summed E-state index contributed by atoms with van der Waals surface area (Å²) in [4.78, 5) is 27.0. The van der Waals surface area contributed by atoms with Gasteiger partial charge in [0, 0.05) is 31.5 Å². The van der Waals surface area contributed by atoms with Gasteiger partial charge in [0.15, 0.2) is 0 Å². The van der Waals surface area contributed by atoms with Crippen molar-refractivity contribution >= 4 is 11.8 Å². The minimum Gasteiger partial charge on any atom is -0.352 e. The first kappa shape index (κ1) is 18.7. The van der Waals surface area contributed by atoms with Gasteiger partial charge in [-0.05, 0) is 57.0 Å². The van der Waals surface area contributed by atoms with E-state index in [2.05, 4.69) is 17.6 Å². The molecule has 0 bridgehead atoms. The van der Waals surface area contributed by atoms with Crippen molar-refractivity contribution < 1.29 is 9.59 Å². The van der Waals surface area contributed by atoms with Gasteiger partial charge < -0.3 is 15.5 Å². The second-order valence-corrected chi connectivity index (χ2v) is 8.46. The smallest absolute Gasteiger partial charge is 0.225 e. The van der Waals surface area contributed by atoms with Gasteiger partial charge in [-0.15, -0.1) is 0 Å². The summed E-state index contributed by atoms with van der Waals surface area (Å²) >= 11 is 0. The topological polar surface area (TPSA) is 61.4 Å². The lowest BCUT2D eigenvalue weighted by Crippen LogP contribution is -2.41. The zero-order valence-corrected chi connectivity index (χ0v) is 15.8. The number of rotatable bonds is 5. The summed E-state index contributed by atoms with van der Waals surface area (Å²) in [5.41, 5.74) is 0. The average Bonchev–Trinajstić information content (AvgIpc) is 3.10. The molecule has 0 radical (unpaired) electrons. The Hall–Kier alpha value is -1.10. The van der Waals surface area contributed by atoms with Gasteiger partial charge in [0.2, 0.25) is 11.8 Å². The highest BCUT2D eigenvalue weighted by atomic mass is 16.2. The Balaban J connectivity index is 1.39. The van der Waals surface area contributed by atoms with Crippen LogP contribution < -0.4 is 10.6 Å². The monoisotopic (exact) mass is 349 g/mol. The molecule has 0 aromatic carbocycles. The van der Waals surface area contributed by atoms with Gasteiger partial charge in [0.1, 0.15) is 0 Å². The summed E-state index contributed by atoms with van der Waals surface area (Å²) in [6.45, 7) is 5.87. The van der Waals surface area contributed by atoms with Crippen LogP contribution in [0.15, 0.2) is 0 Å². The molecule has 1 saturated carbocycles. The maximum Gasteiger partial charge on any atom is 0.225 e. The van der Waals surface area contributed by atoms with Gasteiger partial charge in [0.25, 0.3) is 0 Å². The van der Waals surface area contributed by atoms with E-state index in [-0.39, 0.29) is 17.9 Å². The molecule has 0 aromatic rings. The van der Waals surface area contributed by atoms with Crippen LogP contribution >= 0.6 is 0 Å². The Bertz CT molecular complexity index is 456. The fourth-order valence-electron chi connectivity index (χ4n) is 4.80. The molecule has 3 rings (SSSR count). The molecule has 0 aromatic heterocycles. The third kappa shape index (κ3) is 5.19. The molecular formula is C20H35N3O2. The fraction of sp³-hybridized carbons (Fsp3) is 0.900. The third-order valence-electron chi connectivity index (χ3n) is 6.47. The first-order valence-corrected chi connectivity index (χ1v) is 10.4. The van der Waals surface area contributed by atoms with E-state index < -0.39 is 0 Å². The van der Waals surface area contributed by atoms with Crippen molar-refractivity contribution in [2.24, 2.45) is 17.8 Å². The number of likely N-dealkylation sites (tertiary alicyclic amines) is 1. The van der Waals surface area contributed by atoms with Crippen LogP contribution in [0.4, 0.5) is 0 Å². The molecule has 2 aliphatic heterocycles. The van der Waals surface area contributed by atoms with E-state index in [1.54, 1.807) is 0 Å². The molecule has 0 spiro atoms. The normalized spacial score (nSPS) is 29.4. The lowest BCUT2D eigenvalue weighted by molar-refractivity contribution is -0.135. The second-order valence-electron chi connectivity index (χ2n) is 8.46. The molecule has 3 fully saturated rings. The van der Waals surface area contributed by atoms with Crippen molar-refractivity contribution in [1.29, 1.82) is 0 Å². The molecule has 5 nitrogen and oxygen atoms in total. The Morgan fingerprint density at radius 3 is 2.64 bits per heavy atom. The number of hydrogen-bond donors (Lipinski definition) is 2. The lowest BCUT2D eigenvalue weighted by Gasteiger charge is -2.28. The molecule has 3 atom stereocenters. The Morgan fingerprint density at radius 2 is 1.92 bits per heavy atom. The molecule has 2 N–H and O–H groups in total. The van der Waals surface area contributed by atoms with Crippen molar-refractivity contribution in [2.45, 2.75) is 70.8 Å². The predicted molar refractivity (Wildman–Crippen MR) is 99.1 cm³/mol. The zero-order chi connectivity index (χ0) is 17.6. The van der Waals surface area contributed by atoms with Gasteiger partial charge >= 0.3 is 0 Å². The summed E-state index contributed by atoms with van der Waals surface area (Å²) in [6.07, 6.45) is 9.74. The van der Waals surface area contributed by atoms with Gasteiger partial charge in [-0.2, -0.15) is 0 Å². The van der Waals surface area contributed by atoms with E-state index in [4.69, 9.17) is 0 Å². The maximum absolute atomic E-state index is 12.6. The summed E-state index contributed by atoms with van der Waals surface area (Å²) < 4.78 is 0. The van der Waals surface area contributed by atoms with Gasteiger partial charge in [-0.25, -0.2) is 0 Å². The molecule has 2 amide bonds. The lowest BCUT2D eigenvalue weighted by atomic mass is 9.85. The van der Waals surface area contributed by atoms with Gasteiger partial charge in [0.05, 0.1) is 0 Å². The number of amides is 2. The highest BCUT2D eigenvalue weighted by molar-refractivity contribution is 5.80. The Morgan fingerprint density at radius 1 is 1.12 bits per heavy atom. The van der Waals surface area contributed by atoms with Gasteiger partial charge in [-0.3, -0.25) is 9.59 Å². The highest BCUT2D eigenvalue weighted by Gasteiger charge is 2.32. The fourth-order valence-corrected chi connectivity index (χ4v) is 4.80.